The highest BCUT2D eigenvalue weighted by Crippen LogP contribution is 2.35. The molecule has 0 spiro atoms. The Morgan fingerprint density at radius 2 is 1.90 bits per heavy atom. The number of benzene rings is 2. The van der Waals surface area contributed by atoms with Gasteiger partial charge in [-0.05, 0) is 35.9 Å². The van der Waals surface area contributed by atoms with Gasteiger partial charge in [0.2, 0.25) is 17.9 Å². The summed E-state index contributed by atoms with van der Waals surface area (Å²) in [6.45, 7) is 0.719. The van der Waals surface area contributed by atoms with Crippen molar-refractivity contribution in [1.82, 2.24) is 25.1 Å². The van der Waals surface area contributed by atoms with Crippen LogP contribution in [0.25, 0.3) is 16.9 Å². The first-order valence-electron chi connectivity index (χ1n) is 9.32. The Balaban J connectivity index is 1.29. The number of rotatable bonds is 6. The SMILES string of the molecule is O=C(CSc1nnc2ccc(-c3ccc4c(c3)OCO4)nn12)NCc1ccccc1. The van der Waals surface area contributed by atoms with Gasteiger partial charge in [0.15, 0.2) is 17.1 Å². The normalized spacial score (nSPS) is 12.3. The van der Waals surface area contributed by atoms with Gasteiger partial charge in [0.05, 0.1) is 11.4 Å². The molecule has 0 saturated heterocycles. The minimum absolute atomic E-state index is 0.0764. The molecule has 0 fully saturated rings. The predicted octanol–water partition coefficient (Wildman–Crippen LogP) is 2.93. The lowest BCUT2D eigenvalue weighted by Gasteiger charge is -2.05. The van der Waals surface area contributed by atoms with E-state index in [2.05, 4.69) is 20.6 Å². The van der Waals surface area contributed by atoms with E-state index in [4.69, 9.17) is 9.47 Å². The molecule has 1 N–H and O–H groups in total. The highest BCUT2D eigenvalue weighted by atomic mass is 32.2. The van der Waals surface area contributed by atoms with Gasteiger partial charge >= 0.3 is 0 Å². The number of amides is 1. The van der Waals surface area contributed by atoms with Crippen LogP contribution in [0.3, 0.4) is 0 Å². The largest absolute Gasteiger partial charge is 0.454 e. The van der Waals surface area contributed by atoms with E-state index in [1.807, 2.05) is 60.7 Å². The van der Waals surface area contributed by atoms with Gasteiger partial charge in [0.1, 0.15) is 0 Å². The molecule has 1 aliphatic heterocycles. The Kier molecular flexibility index (Phi) is 4.94. The van der Waals surface area contributed by atoms with Crippen molar-refractivity contribution < 1.29 is 14.3 Å². The van der Waals surface area contributed by atoms with Crippen molar-refractivity contribution in [3.05, 3.63) is 66.2 Å². The number of hydrogen-bond donors (Lipinski definition) is 1. The van der Waals surface area contributed by atoms with Crippen LogP contribution in [0, 0.1) is 0 Å². The highest BCUT2D eigenvalue weighted by molar-refractivity contribution is 7.99. The van der Waals surface area contributed by atoms with E-state index < -0.39 is 0 Å². The number of aromatic nitrogens is 4. The molecule has 5 rings (SSSR count). The van der Waals surface area contributed by atoms with Crippen LogP contribution in [0.15, 0.2) is 65.8 Å². The maximum absolute atomic E-state index is 12.2. The average Bonchev–Trinajstić information content (AvgIpc) is 3.42. The van der Waals surface area contributed by atoms with Crippen molar-refractivity contribution in [2.45, 2.75) is 11.7 Å². The van der Waals surface area contributed by atoms with Crippen LogP contribution in [0.1, 0.15) is 5.56 Å². The van der Waals surface area contributed by atoms with Gasteiger partial charge < -0.3 is 14.8 Å². The van der Waals surface area contributed by atoms with Crippen molar-refractivity contribution in [2.75, 3.05) is 12.5 Å². The first kappa shape index (κ1) is 18.4. The Bertz CT molecular complexity index is 1210. The number of ether oxygens (including phenoxy) is 2. The van der Waals surface area contributed by atoms with E-state index >= 15 is 0 Å². The summed E-state index contributed by atoms with van der Waals surface area (Å²) in [7, 11) is 0. The molecule has 8 nitrogen and oxygen atoms in total. The second kappa shape index (κ2) is 8.03. The fourth-order valence-electron chi connectivity index (χ4n) is 3.05. The van der Waals surface area contributed by atoms with E-state index in [9.17, 15) is 4.79 Å². The molecule has 0 atom stereocenters. The van der Waals surface area contributed by atoms with E-state index in [1.165, 1.54) is 11.8 Å². The summed E-state index contributed by atoms with van der Waals surface area (Å²) in [6, 6.07) is 19.2. The molecule has 2 aromatic heterocycles. The van der Waals surface area contributed by atoms with Gasteiger partial charge in [0.25, 0.3) is 0 Å². The van der Waals surface area contributed by atoms with Crippen molar-refractivity contribution >= 4 is 23.3 Å². The molecule has 0 bridgehead atoms. The minimum atomic E-state index is -0.0764. The van der Waals surface area contributed by atoms with Crippen LogP contribution in [0.5, 0.6) is 11.5 Å². The van der Waals surface area contributed by atoms with Crippen LogP contribution in [-0.4, -0.2) is 38.3 Å². The van der Waals surface area contributed by atoms with Crippen molar-refractivity contribution in [2.24, 2.45) is 0 Å². The molecule has 0 aliphatic carbocycles. The van der Waals surface area contributed by atoms with E-state index in [0.29, 0.717) is 23.1 Å². The Morgan fingerprint density at radius 1 is 1.03 bits per heavy atom. The minimum Gasteiger partial charge on any atom is -0.454 e. The van der Waals surface area contributed by atoms with Crippen LogP contribution in [0.4, 0.5) is 0 Å². The van der Waals surface area contributed by atoms with Gasteiger partial charge in [-0.1, -0.05) is 42.1 Å². The quantitative estimate of drug-likeness (QED) is 0.481. The number of carbonyl (C=O) groups is 1. The molecule has 1 aliphatic rings. The molecular formula is C21H17N5O3S. The summed E-state index contributed by atoms with van der Waals surface area (Å²) < 4.78 is 12.5. The topological polar surface area (TPSA) is 90.6 Å². The molecule has 9 heteroatoms. The highest BCUT2D eigenvalue weighted by Gasteiger charge is 2.16. The molecule has 0 saturated carbocycles. The van der Waals surface area contributed by atoms with Gasteiger partial charge in [-0.3, -0.25) is 4.79 Å². The maximum atomic E-state index is 12.2. The zero-order valence-electron chi connectivity index (χ0n) is 15.8. The summed E-state index contributed by atoms with van der Waals surface area (Å²) in [5.74, 6) is 1.57. The van der Waals surface area contributed by atoms with Crippen LogP contribution in [-0.2, 0) is 11.3 Å². The Hall–Kier alpha value is -3.59. The third-order valence-corrected chi connectivity index (χ3v) is 5.49. The smallest absolute Gasteiger partial charge is 0.231 e. The third-order valence-electron chi connectivity index (χ3n) is 4.57. The second-order valence-electron chi connectivity index (χ2n) is 6.59. The van der Waals surface area contributed by atoms with Crippen LogP contribution in [0.2, 0.25) is 0 Å². The van der Waals surface area contributed by atoms with Crippen molar-refractivity contribution in [1.29, 1.82) is 0 Å². The molecule has 2 aromatic carbocycles. The average molecular weight is 419 g/mol. The molecule has 0 unspecified atom stereocenters. The van der Waals surface area contributed by atoms with E-state index in [1.54, 1.807) is 4.52 Å². The summed E-state index contributed by atoms with van der Waals surface area (Å²) in [6.07, 6.45) is 0. The predicted molar refractivity (Wildman–Crippen MR) is 111 cm³/mol. The van der Waals surface area contributed by atoms with Gasteiger partial charge in [-0.15, -0.1) is 10.2 Å². The zero-order valence-corrected chi connectivity index (χ0v) is 16.6. The van der Waals surface area contributed by atoms with E-state index in [0.717, 1.165) is 22.6 Å². The molecule has 3 heterocycles. The zero-order chi connectivity index (χ0) is 20.3. The maximum Gasteiger partial charge on any atom is 0.231 e. The van der Waals surface area contributed by atoms with Gasteiger partial charge in [0, 0.05) is 12.1 Å². The monoisotopic (exact) mass is 419 g/mol. The van der Waals surface area contributed by atoms with Gasteiger partial charge in [-0.2, -0.15) is 9.61 Å². The third kappa shape index (κ3) is 3.79. The fourth-order valence-corrected chi connectivity index (χ4v) is 3.76. The lowest BCUT2D eigenvalue weighted by Crippen LogP contribution is -2.24. The number of thioether (sulfide) groups is 1. The number of hydrogen-bond acceptors (Lipinski definition) is 7. The molecule has 150 valence electrons. The molecule has 4 aromatic rings. The van der Waals surface area contributed by atoms with Gasteiger partial charge in [-0.25, -0.2) is 0 Å². The lowest BCUT2D eigenvalue weighted by atomic mass is 10.1. The van der Waals surface area contributed by atoms with Crippen LogP contribution < -0.4 is 14.8 Å². The number of fused-ring (bicyclic) bond motifs is 2. The van der Waals surface area contributed by atoms with Crippen LogP contribution >= 0.6 is 11.8 Å². The summed E-state index contributed by atoms with van der Waals surface area (Å²) in [5, 5.41) is 16.4. The van der Waals surface area contributed by atoms with Crippen molar-refractivity contribution in [3.8, 4) is 22.8 Å². The number of nitrogens with zero attached hydrogens (tertiary/aromatic N) is 4. The van der Waals surface area contributed by atoms with E-state index in [-0.39, 0.29) is 18.5 Å². The summed E-state index contributed by atoms with van der Waals surface area (Å²) in [5.41, 5.74) is 3.31. The summed E-state index contributed by atoms with van der Waals surface area (Å²) >= 11 is 1.29. The van der Waals surface area contributed by atoms with Crippen molar-refractivity contribution in [3.63, 3.8) is 0 Å². The second-order valence-corrected chi connectivity index (χ2v) is 7.53. The lowest BCUT2D eigenvalue weighted by molar-refractivity contribution is -0.118. The first-order chi connectivity index (χ1) is 14.8. The summed E-state index contributed by atoms with van der Waals surface area (Å²) in [4.78, 5) is 12.2. The first-order valence-corrected chi connectivity index (χ1v) is 10.3. The Morgan fingerprint density at radius 3 is 2.80 bits per heavy atom. The Labute approximate surface area is 176 Å². The fraction of sp³-hybridized carbons (Fsp3) is 0.143. The molecule has 0 radical (unpaired) electrons. The molecule has 1 amide bonds. The standard InChI is InChI=1S/C21H17N5O3S/c27-20(22-11-14-4-2-1-3-5-14)12-30-21-24-23-19-9-7-16(25-26(19)21)15-6-8-17-18(10-15)29-13-28-17/h1-10H,11-13H2,(H,22,27). The molecule has 30 heavy (non-hydrogen) atoms. The number of carbonyl (C=O) groups excluding carboxylic acids is 1. The number of nitrogens with one attached hydrogen (secondary N) is 1. The molecular weight excluding hydrogens is 402 g/mol.